The minimum atomic E-state index is -0.374. The third-order valence-corrected chi connectivity index (χ3v) is 5.59. The number of carbonyl (C=O) groups excluding carboxylic acids is 2. The van der Waals surface area contributed by atoms with Crippen LogP contribution in [0.25, 0.3) is 0 Å². The molecule has 2 aromatic carbocycles. The number of ether oxygens (including phenoxy) is 1. The third kappa shape index (κ3) is 5.35. The van der Waals surface area contributed by atoms with E-state index < -0.39 is 0 Å². The number of benzene rings is 2. The number of halogens is 1. The number of aryl methyl sites for hydroxylation is 1. The molecule has 30 heavy (non-hydrogen) atoms. The van der Waals surface area contributed by atoms with Crippen molar-refractivity contribution in [2.24, 2.45) is 0 Å². The van der Waals surface area contributed by atoms with Gasteiger partial charge in [0.15, 0.2) is 5.11 Å². The number of nitrogens with one attached hydrogen (secondary N) is 3. The molecule has 1 aromatic heterocycles. The Labute approximate surface area is 188 Å². The van der Waals surface area contributed by atoms with Crippen LogP contribution in [-0.4, -0.2) is 24.0 Å². The molecule has 0 saturated carbocycles. The Kier molecular flexibility index (Phi) is 7.04. The molecule has 154 valence electrons. The first-order valence-electron chi connectivity index (χ1n) is 8.78. The normalized spacial score (nSPS) is 10.2. The lowest BCUT2D eigenvalue weighted by Crippen LogP contribution is -2.34. The van der Waals surface area contributed by atoms with E-state index in [1.165, 1.54) is 18.4 Å². The van der Waals surface area contributed by atoms with Gasteiger partial charge in [-0.2, -0.15) is 0 Å². The van der Waals surface area contributed by atoms with E-state index in [4.69, 9.17) is 28.6 Å². The second kappa shape index (κ2) is 9.71. The highest BCUT2D eigenvalue weighted by Crippen LogP contribution is 2.29. The van der Waals surface area contributed by atoms with Gasteiger partial charge in [0.1, 0.15) is 5.75 Å². The summed E-state index contributed by atoms with van der Waals surface area (Å²) < 4.78 is 5.36. The number of carbonyl (C=O) groups is 2. The van der Waals surface area contributed by atoms with E-state index in [1.807, 2.05) is 18.4 Å². The predicted octanol–water partition coefficient (Wildman–Crippen LogP) is 5.10. The number of hydrogen-bond acceptors (Lipinski definition) is 5. The highest BCUT2D eigenvalue weighted by Gasteiger charge is 2.13. The molecule has 0 aliphatic rings. The average Bonchev–Trinajstić information content (AvgIpc) is 3.26. The zero-order valence-electron chi connectivity index (χ0n) is 16.1. The van der Waals surface area contributed by atoms with Crippen molar-refractivity contribution in [1.29, 1.82) is 0 Å². The Bertz CT molecular complexity index is 1100. The molecule has 3 aromatic rings. The minimum absolute atomic E-state index is 0.120. The average molecular weight is 460 g/mol. The molecule has 9 heteroatoms. The molecule has 0 unspecified atom stereocenters. The lowest BCUT2D eigenvalue weighted by molar-refractivity contribution is 0.0976. The summed E-state index contributed by atoms with van der Waals surface area (Å²) in [5.74, 6) is -0.144. The lowest BCUT2D eigenvalue weighted by atomic mass is 10.1. The maximum Gasteiger partial charge on any atom is 0.265 e. The van der Waals surface area contributed by atoms with Crippen molar-refractivity contribution < 1.29 is 14.3 Å². The van der Waals surface area contributed by atoms with Gasteiger partial charge in [-0.15, -0.1) is 11.3 Å². The topological polar surface area (TPSA) is 79.5 Å². The summed E-state index contributed by atoms with van der Waals surface area (Å²) in [5.41, 5.74) is 2.39. The molecule has 0 bridgehead atoms. The molecule has 0 aliphatic carbocycles. The molecule has 0 saturated heterocycles. The fourth-order valence-corrected chi connectivity index (χ4v) is 3.55. The van der Waals surface area contributed by atoms with Gasteiger partial charge in [0.05, 0.1) is 17.7 Å². The van der Waals surface area contributed by atoms with Crippen LogP contribution in [0, 0.1) is 6.92 Å². The van der Waals surface area contributed by atoms with Crippen molar-refractivity contribution in [3.8, 4) is 5.75 Å². The minimum Gasteiger partial charge on any atom is -0.494 e. The van der Waals surface area contributed by atoms with Crippen LogP contribution in [0.5, 0.6) is 5.75 Å². The first-order valence-corrected chi connectivity index (χ1v) is 10.5. The molecule has 0 atom stereocenters. The summed E-state index contributed by atoms with van der Waals surface area (Å²) in [5, 5.41) is 10.8. The zero-order valence-corrected chi connectivity index (χ0v) is 18.5. The van der Waals surface area contributed by atoms with Crippen LogP contribution in [0.2, 0.25) is 5.02 Å². The summed E-state index contributed by atoms with van der Waals surface area (Å²) in [7, 11) is 1.50. The first kappa shape index (κ1) is 21.8. The third-order valence-electron chi connectivity index (χ3n) is 4.11. The number of methoxy groups -OCH3 is 1. The molecule has 0 aliphatic heterocycles. The molecular formula is C21H18ClN3O3S2. The number of thiophene rings is 1. The summed E-state index contributed by atoms with van der Waals surface area (Å²) >= 11 is 12.6. The van der Waals surface area contributed by atoms with Gasteiger partial charge in [0, 0.05) is 22.3 Å². The highest BCUT2D eigenvalue weighted by molar-refractivity contribution is 7.80. The summed E-state index contributed by atoms with van der Waals surface area (Å²) in [4.78, 5) is 25.2. The SMILES string of the molecule is COc1cc(NC(=S)NC(=O)c2ccc(C)c(Cl)c2)ccc1NC(=O)c1cccs1. The molecule has 0 radical (unpaired) electrons. The maximum absolute atomic E-state index is 12.4. The maximum atomic E-state index is 12.4. The molecule has 6 nitrogen and oxygen atoms in total. The fraction of sp³-hybridized carbons (Fsp3) is 0.0952. The van der Waals surface area contributed by atoms with Crippen LogP contribution < -0.4 is 20.7 Å². The fourth-order valence-electron chi connectivity index (χ4n) is 2.54. The number of amides is 2. The van der Waals surface area contributed by atoms with Crippen molar-refractivity contribution >= 4 is 63.5 Å². The summed E-state index contributed by atoms with van der Waals surface area (Å²) in [6.45, 7) is 1.86. The van der Waals surface area contributed by atoms with Gasteiger partial charge in [0.25, 0.3) is 11.8 Å². The van der Waals surface area contributed by atoms with Gasteiger partial charge in [-0.3, -0.25) is 14.9 Å². The van der Waals surface area contributed by atoms with Crippen LogP contribution in [0.1, 0.15) is 25.6 Å². The number of rotatable bonds is 5. The van der Waals surface area contributed by atoms with Crippen molar-refractivity contribution in [2.45, 2.75) is 6.92 Å². The number of thiocarbonyl (C=S) groups is 1. The molecule has 0 fully saturated rings. The number of hydrogen-bond donors (Lipinski definition) is 3. The highest BCUT2D eigenvalue weighted by atomic mass is 35.5. The van der Waals surface area contributed by atoms with Gasteiger partial charge in [0.2, 0.25) is 0 Å². The first-order chi connectivity index (χ1) is 14.4. The van der Waals surface area contributed by atoms with E-state index >= 15 is 0 Å². The standard InChI is InChI=1S/C21H18ClN3O3S2/c1-12-5-6-13(10-15(12)22)19(26)25-21(29)23-14-7-8-16(17(11-14)28-2)24-20(27)18-4-3-9-30-18/h3-11H,1-2H3,(H,24,27)(H2,23,25,26,29). The smallest absolute Gasteiger partial charge is 0.265 e. The Morgan fingerprint density at radius 3 is 2.53 bits per heavy atom. The molecular weight excluding hydrogens is 442 g/mol. The largest absolute Gasteiger partial charge is 0.494 e. The number of anilines is 2. The Morgan fingerprint density at radius 1 is 1.07 bits per heavy atom. The monoisotopic (exact) mass is 459 g/mol. The zero-order chi connectivity index (χ0) is 21.7. The van der Waals surface area contributed by atoms with Gasteiger partial charge < -0.3 is 15.4 Å². The van der Waals surface area contributed by atoms with Gasteiger partial charge >= 0.3 is 0 Å². The van der Waals surface area contributed by atoms with Gasteiger partial charge in [-0.05, 0) is 60.4 Å². The van der Waals surface area contributed by atoms with Crippen molar-refractivity contribution in [3.05, 3.63) is 74.9 Å². The molecule has 1 heterocycles. The van der Waals surface area contributed by atoms with Crippen molar-refractivity contribution in [3.63, 3.8) is 0 Å². The van der Waals surface area contributed by atoms with E-state index in [0.29, 0.717) is 32.6 Å². The molecule has 0 spiro atoms. The predicted molar refractivity (Wildman–Crippen MR) is 125 cm³/mol. The van der Waals surface area contributed by atoms with E-state index in [1.54, 1.807) is 42.5 Å². The quantitative estimate of drug-likeness (QED) is 0.463. The molecule has 2 amide bonds. The van der Waals surface area contributed by atoms with Crippen molar-refractivity contribution in [2.75, 3.05) is 17.7 Å². The second-order valence-corrected chi connectivity index (χ2v) is 7.98. The molecule has 3 rings (SSSR count). The van der Waals surface area contributed by atoms with E-state index in [2.05, 4.69) is 16.0 Å². The van der Waals surface area contributed by atoms with Gasteiger partial charge in [-0.25, -0.2) is 0 Å². The van der Waals surface area contributed by atoms with Crippen LogP contribution >= 0.6 is 35.2 Å². The van der Waals surface area contributed by atoms with Crippen LogP contribution in [0.3, 0.4) is 0 Å². The second-order valence-electron chi connectivity index (χ2n) is 6.22. The van der Waals surface area contributed by atoms with E-state index in [0.717, 1.165) is 5.56 Å². The molecule has 3 N–H and O–H groups in total. The Hall–Kier alpha value is -2.94. The van der Waals surface area contributed by atoms with E-state index in [-0.39, 0.29) is 16.9 Å². The summed E-state index contributed by atoms with van der Waals surface area (Å²) in [6.07, 6.45) is 0. The van der Waals surface area contributed by atoms with Gasteiger partial charge in [-0.1, -0.05) is 23.7 Å². The van der Waals surface area contributed by atoms with Crippen molar-refractivity contribution in [1.82, 2.24) is 5.32 Å². The van der Waals surface area contributed by atoms with E-state index in [9.17, 15) is 9.59 Å². The van der Waals surface area contributed by atoms with Crippen LogP contribution in [-0.2, 0) is 0 Å². The Morgan fingerprint density at radius 2 is 1.87 bits per heavy atom. The Balaban J connectivity index is 1.65. The summed E-state index contributed by atoms with van der Waals surface area (Å²) in [6, 6.07) is 13.7. The lowest BCUT2D eigenvalue weighted by Gasteiger charge is -2.14. The van der Waals surface area contributed by atoms with Crippen LogP contribution in [0.4, 0.5) is 11.4 Å². The van der Waals surface area contributed by atoms with Crippen LogP contribution in [0.15, 0.2) is 53.9 Å².